The van der Waals surface area contributed by atoms with E-state index in [9.17, 15) is 14.4 Å². The number of amides is 5. The van der Waals surface area contributed by atoms with Crippen molar-refractivity contribution in [2.24, 2.45) is 10.8 Å². The first-order valence-corrected chi connectivity index (χ1v) is 7.14. The van der Waals surface area contributed by atoms with E-state index in [2.05, 4.69) is 15.8 Å². The lowest BCUT2D eigenvalue weighted by atomic mass is 10.1. The van der Waals surface area contributed by atoms with Crippen LogP contribution in [0.2, 0.25) is 0 Å². The molecule has 0 aromatic heterocycles. The Balaban J connectivity index is 2.25. The van der Waals surface area contributed by atoms with Crippen LogP contribution in [0.15, 0.2) is 23.3 Å². The summed E-state index contributed by atoms with van der Waals surface area (Å²) < 4.78 is 5.27. The molecule has 0 saturated carbocycles. The number of hydrazone groups is 1. The largest absolute Gasteiger partial charge is 0.496 e. The normalized spacial score (nSPS) is 16.4. The molecule has 1 aromatic carbocycles. The highest BCUT2D eigenvalue weighted by Gasteiger charge is 2.44. The van der Waals surface area contributed by atoms with Gasteiger partial charge in [-0.25, -0.2) is 15.0 Å². The highest BCUT2D eigenvalue weighted by molar-refractivity contribution is 6.06. The van der Waals surface area contributed by atoms with E-state index in [4.69, 9.17) is 10.5 Å². The van der Waals surface area contributed by atoms with Crippen LogP contribution in [0.1, 0.15) is 25.0 Å². The van der Waals surface area contributed by atoms with Crippen LogP contribution in [0.5, 0.6) is 5.75 Å². The van der Waals surface area contributed by atoms with Gasteiger partial charge in [-0.1, -0.05) is 0 Å². The van der Waals surface area contributed by atoms with Crippen molar-refractivity contribution in [2.75, 3.05) is 7.11 Å². The number of nitrogens with zero attached hydrogens (tertiary/aromatic N) is 2. The molecule has 128 valence electrons. The first-order valence-electron chi connectivity index (χ1n) is 7.14. The van der Waals surface area contributed by atoms with E-state index < -0.39 is 17.6 Å². The van der Waals surface area contributed by atoms with Gasteiger partial charge in [-0.2, -0.15) is 5.10 Å². The van der Waals surface area contributed by atoms with Gasteiger partial charge in [-0.05, 0) is 37.6 Å². The molecular formula is C15H19N5O4. The molecule has 1 fully saturated rings. The Labute approximate surface area is 138 Å². The molecule has 24 heavy (non-hydrogen) atoms. The van der Waals surface area contributed by atoms with Crippen molar-refractivity contribution in [3.05, 3.63) is 29.3 Å². The zero-order valence-corrected chi connectivity index (χ0v) is 13.6. The minimum Gasteiger partial charge on any atom is -0.496 e. The Morgan fingerprint density at radius 1 is 1.46 bits per heavy atom. The van der Waals surface area contributed by atoms with E-state index in [-0.39, 0.29) is 12.5 Å². The number of nitrogens with two attached hydrogens (primary N) is 1. The summed E-state index contributed by atoms with van der Waals surface area (Å²) in [5, 5.41) is 6.29. The maximum Gasteiger partial charge on any atom is 0.332 e. The van der Waals surface area contributed by atoms with E-state index in [1.54, 1.807) is 32.0 Å². The smallest absolute Gasteiger partial charge is 0.332 e. The van der Waals surface area contributed by atoms with Crippen molar-refractivity contribution in [1.29, 1.82) is 0 Å². The number of carbonyl (C=O) groups excluding carboxylic acids is 3. The lowest BCUT2D eigenvalue weighted by molar-refractivity contribution is -0.130. The molecule has 0 radical (unpaired) electrons. The molecule has 1 saturated heterocycles. The molecule has 0 bridgehead atoms. The summed E-state index contributed by atoms with van der Waals surface area (Å²) in [6.07, 6.45) is 1.39. The standard InChI is InChI=1S/C15H19N5O4/c1-15(2)12(21)20(14(23)18-15)8-10-6-9(4-5-11(10)24-3)7-17-19-13(16)22/h4-7H,8H2,1-3H3,(H,18,23)(H3,16,19,22). The van der Waals surface area contributed by atoms with Crippen molar-refractivity contribution in [3.63, 3.8) is 0 Å². The molecule has 1 heterocycles. The minimum absolute atomic E-state index is 0.0577. The Kier molecular flexibility index (Phi) is 4.72. The van der Waals surface area contributed by atoms with E-state index in [0.717, 1.165) is 4.90 Å². The lowest BCUT2D eigenvalue weighted by Gasteiger charge is -2.17. The van der Waals surface area contributed by atoms with Gasteiger partial charge in [0.05, 0.1) is 19.9 Å². The number of methoxy groups -OCH3 is 1. The molecule has 9 heteroatoms. The van der Waals surface area contributed by atoms with Crippen molar-refractivity contribution < 1.29 is 19.1 Å². The summed E-state index contributed by atoms with van der Waals surface area (Å²) in [7, 11) is 1.50. The lowest BCUT2D eigenvalue weighted by Crippen LogP contribution is -2.40. The van der Waals surface area contributed by atoms with Crippen LogP contribution < -0.4 is 21.2 Å². The van der Waals surface area contributed by atoms with Crippen LogP contribution >= 0.6 is 0 Å². The number of imide groups is 1. The van der Waals surface area contributed by atoms with Crippen molar-refractivity contribution in [1.82, 2.24) is 15.6 Å². The first kappa shape index (κ1) is 17.3. The third kappa shape index (κ3) is 3.62. The molecule has 0 atom stereocenters. The molecule has 0 unspecified atom stereocenters. The van der Waals surface area contributed by atoms with Crippen LogP contribution in [-0.2, 0) is 11.3 Å². The van der Waals surface area contributed by atoms with Gasteiger partial charge in [0, 0.05) is 5.56 Å². The summed E-state index contributed by atoms with van der Waals surface area (Å²) in [6.45, 7) is 3.34. The number of urea groups is 2. The third-order valence-electron chi connectivity index (χ3n) is 3.47. The second-order valence-electron chi connectivity index (χ2n) is 5.75. The van der Waals surface area contributed by atoms with Gasteiger partial charge in [0.2, 0.25) is 0 Å². The number of hydrogen-bond acceptors (Lipinski definition) is 5. The fourth-order valence-corrected chi connectivity index (χ4v) is 2.30. The van der Waals surface area contributed by atoms with Crippen LogP contribution in [-0.4, -0.2) is 41.7 Å². The van der Waals surface area contributed by atoms with Gasteiger partial charge in [0.15, 0.2) is 0 Å². The van der Waals surface area contributed by atoms with Crippen molar-refractivity contribution >= 4 is 24.2 Å². The summed E-state index contributed by atoms with van der Waals surface area (Å²) in [5.41, 5.74) is 7.35. The molecule has 1 aliphatic heterocycles. The number of primary amides is 1. The quantitative estimate of drug-likeness (QED) is 0.412. The Bertz CT molecular complexity index is 714. The van der Waals surface area contributed by atoms with Gasteiger partial charge < -0.3 is 15.8 Å². The summed E-state index contributed by atoms with van der Waals surface area (Å²) in [5.74, 6) is 0.212. The predicted molar refractivity (Wildman–Crippen MR) is 86.5 cm³/mol. The number of hydrogen-bond donors (Lipinski definition) is 3. The number of rotatable bonds is 5. The van der Waals surface area contributed by atoms with Crippen LogP contribution in [0.3, 0.4) is 0 Å². The maximum absolute atomic E-state index is 12.3. The second-order valence-corrected chi connectivity index (χ2v) is 5.75. The molecular weight excluding hydrogens is 314 g/mol. The summed E-state index contributed by atoms with van der Waals surface area (Å²) >= 11 is 0. The van der Waals surface area contributed by atoms with Crippen LogP contribution in [0, 0.1) is 0 Å². The van der Waals surface area contributed by atoms with Gasteiger partial charge in [-0.15, -0.1) is 0 Å². The molecule has 0 spiro atoms. The van der Waals surface area contributed by atoms with Gasteiger partial charge >= 0.3 is 12.1 Å². The van der Waals surface area contributed by atoms with Crippen molar-refractivity contribution in [2.45, 2.75) is 25.9 Å². The minimum atomic E-state index is -0.936. The summed E-state index contributed by atoms with van der Waals surface area (Å²) in [4.78, 5) is 36.0. The van der Waals surface area contributed by atoms with E-state index in [0.29, 0.717) is 16.9 Å². The highest BCUT2D eigenvalue weighted by atomic mass is 16.5. The van der Waals surface area contributed by atoms with Gasteiger partial charge in [0.1, 0.15) is 11.3 Å². The molecule has 0 aliphatic carbocycles. The molecule has 1 aromatic rings. The fourth-order valence-electron chi connectivity index (χ4n) is 2.30. The van der Waals surface area contributed by atoms with Gasteiger partial charge in [0.25, 0.3) is 5.91 Å². The van der Waals surface area contributed by atoms with E-state index in [1.165, 1.54) is 13.3 Å². The average Bonchev–Trinajstić information content (AvgIpc) is 2.69. The molecule has 1 aliphatic rings. The molecule has 2 rings (SSSR count). The second kappa shape index (κ2) is 6.57. The number of benzene rings is 1. The topological polar surface area (TPSA) is 126 Å². The zero-order chi connectivity index (χ0) is 17.9. The average molecular weight is 333 g/mol. The monoisotopic (exact) mass is 333 g/mol. The SMILES string of the molecule is COc1ccc(C=NNC(N)=O)cc1CN1C(=O)NC(C)(C)C1=O. The van der Waals surface area contributed by atoms with Crippen molar-refractivity contribution in [3.8, 4) is 5.75 Å². The number of nitrogens with one attached hydrogen (secondary N) is 2. The Morgan fingerprint density at radius 3 is 2.71 bits per heavy atom. The van der Waals surface area contributed by atoms with Crippen LogP contribution in [0.25, 0.3) is 0 Å². The Hall–Kier alpha value is -3.10. The Morgan fingerprint density at radius 2 is 2.17 bits per heavy atom. The third-order valence-corrected chi connectivity index (χ3v) is 3.47. The van der Waals surface area contributed by atoms with E-state index in [1.807, 2.05) is 0 Å². The fraction of sp³-hybridized carbons (Fsp3) is 0.333. The predicted octanol–water partition coefficient (Wildman–Crippen LogP) is 0.528. The van der Waals surface area contributed by atoms with Crippen LogP contribution in [0.4, 0.5) is 9.59 Å². The first-order chi connectivity index (χ1) is 11.2. The summed E-state index contributed by atoms with van der Waals surface area (Å²) in [6, 6.07) is 3.87. The maximum atomic E-state index is 12.3. The number of ether oxygens (including phenoxy) is 1. The molecule has 9 nitrogen and oxygen atoms in total. The molecule has 5 amide bonds. The van der Waals surface area contributed by atoms with E-state index >= 15 is 0 Å². The molecule has 4 N–H and O–H groups in total. The van der Waals surface area contributed by atoms with Gasteiger partial charge in [-0.3, -0.25) is 9.69 Å². The number of carbonyl (C=O) groups is 3. The zero-order valence-electron chi connectivity index (χ0n) is 13.6. The highest BCUT2D eigenvalue weighted by Crippen LogP contribution is 2.25.